The molecule has 3 rings (SSSR count). The molecular weight excluding hydrogens is 358 g/mol. The molecule has 0 heterocycles. The first kappa shape index (κ1) is 18.6. The number of fused-ring (bicyclic) bond motifs is 1. The average molecular weight is 378 g/mol. The maximum Gasteiger partial charge on any atom is 0.224 e. The van der Waals surface area contributed by atoms with E-state index in [1.165, 1.54) is 29.5 Å². The monoisotopic (exact) mass is 377 g/mol. The molecule has 0 saturated heterocycles. The van der Waals surface area contributed by atoms with Crippen LogP contribution in [0.2, 0.25) is 0 Å². The molecule has 0 saturated carbocycles. The topological polar surface area (TPSA) is 40.9 Å². The van der Waals surface area contributed by atoms with Gasteiger partial charge in [0.1, 0.15) is 0 Å². The average Bonchev–Trinajstić information content (AvgIpc) is 2.68. The summed E-state index contributed by atoms with van der Waals surface area (Å²) in [4.78, 5) is 14.7. The molecule has 0 spiro atoms. The Bertz CT molecular complexity index is 958. The summed E-state index contributed by atoms with van der Waals surface area (Å²) in [7, 11) is 0. The fraction of sp³-hybridized carbons (Fsp3) is 0.182. The third kappa shape index (κ3) is 4.69. The summed E-state index contributed by atoms with van der Waals surface area (Å²) in [5, 5.41) is 11.1. The molecule has 0 atom stereocenters. The minimum absolute atomic E-state index is 0.0120. The first-order valence-electron chi connectivity index (χ1n) is 8.58. The lowest BCUT2D eigenvalue weighted by Gasteiger charge is -2.06. The lowest BCUT2D eigenvalue weighted by atomic mass is 10.1. The van der Waals surface area contributed by atoms with Crippen molar-refractivity contribution in [1.29, 1.82) is 5.26 Å². The number of nitriles is 1. The fourth-order valence-corrected chi connectivity index (χ4v) is 4.31. The van der Waals surface area contributed by atoms with Crippen LogP contribution < -0.4 is 0 Å². The van der Waals surface area contributed by atoms with Gasteiger partial charge in [-0.2, -0.15) is 5.26 Å². The van der Waals surface area contributed by atoms with Gasteiger partial charge in [-0.3, -0.25) is 4.79 Å². The van der Waals surface area contributed by atoms with Crippen LogP contribution in [0.1, 0.15) is 35.7 Å². The zero-order chi connectivity index (χ0) is 18.4. The molecule has 0 N–H and O–H groups in total. The highest BCUT2D eigenvalue weighted by atomic mass is 32.2. The maximum atomic E-state index is 12.5. The number of unbranched alkanes of at least 4 members (excludes halogenated alkanes) is 1. The molecule has 3 aromatic carbocycles. The molecule has 0 bridgehead atoms. The smallest absolute Gasteiger partial charge is 0.224 e. The predicted molar refractivity (Wildman–Crippen MR) is 111 cm³/mol. The molecule has 4 heteroatoms. The van der Waals surface area contributed by atoms with Gasteiger partial charge in [-0.05, 0) is 83.2 Å². The van der Waals surface area contributed by atoms with Crippen LogP contribution in [0.5, 0.6) is 0 Å². The van der Waals surface area contributed by atoms with Gasteiger partial charge in [0.25, 0.3) is 0 Å². The van der Waals surface area contributed by atoms with E-state index in [4.69, 9.17) is 5.26 Å². The number of nitrogens with zero attached hydrogens (tertiary/aromatic N) is 1. The maximum absolute atomic E-state index is 12.5. The van der Waals surface area contributed by atoms with Gasteiger partial charge < -0.3 is 0 Å². The zero-order valence-corrected chi connectivity index (χ0v) is 16.2. The molecule has 0 aliphatic heterocycles. The Kier molecular flexibility index (Phi) is 6.38. The van der Waals surface area contributed by atoms with E-state index in [1.807, 2.05) is 42.1 Å². The van der Waals surface area contributed by atoms with E-state index in [1.54, 1.807) is 12.1 Å². The summed E-state index contributed by atoms with van der Waals surface area (Å²) in [5.74, 6) is 1.14. The van der Waals surface area contributed by atoms with Gasteiger partial charge >= 0.3 is 0 Å². The Labute approximate surface area is 162 Å². The quantitative estimate of drug-likeness (QED) is 0.361. The van der Waals surface area contributed by atoms with E-state index >= 15 is 0 Å². The van der Waals surface area contributed by atoms with E-state index in [0.29, 0.717) is 11.1 Å². The van der Waals surface area contributed by atoms with Crippen molar-refractivity contribution in [1.82, 2.24) is 0 Å². The normalized spacial score (nSPS) is 10.6. The second-order valence-corrected chi connectivity index (χ2v) is 8.17. The van der Waals surface area contributed by atoms with E-state index in [2.05, 4.69) is 31.2 Å². The molecule has 0 unspecified atom stereocenters. The molecule has 2 nitrogen and oxygen atoms in total. The summed E-state index contributed by atoms with van der Waals surface area (Å²) >= 11 is 3.07. The summed E-state index contributed by atoms with van der Waals surface area (Å²) in [6.07, 6.45) is 2.44. The Morgan fingerprint density at radius 3 is 2.38 bits per heavy atom. The lowest BCUT2D eigenvalue weighted by molar-refractivity contribution is 0.108. The Morgan fingerprint density at radius 2 is 1.65 bits per heavy atom. The molecule has 0 aliphatic carbocycles. The Hall–Kier alpha value is -2.22. The molecule has 3 aromatic rings. The van der Waals surface area contributed by atoms with Crippen LogP contribution in [0.3, 0.4) is 0 Å². The van der Waals surface area contributed by atoms with Gasteiger partial charge in [-0.1, -0.05) is 25.5 Å². The third-order valence-electron chi connectivity index (χ3n) is 4.01. The highest BCUT2D eigenvalue weighted by Gasteiger charge is 2.09. The molecule has 26 heavy (non-hydrogen) atoms. The number of rotatable bonds is 6. The molecule has 130 valence electrons. The molecule has 0 fully saturated rings. The van der Waals surface area contributed by atoms with Crippen molar-refractivity contribution in [2.24, 2.45) is 0 Å². The highest BCUT2D eigenvalue weighted by molar-refractivity contribution is 8.14. The van der Waals surface area contributed by atoms with Gasteiger partial charge in [-0.15, -0.1) is 11.8 Å². The Morgan fingerprint density at radius 1 is 0.962 bits per heavy atom. The summed E-state index contributed by atoms with van der Waals surface area (Å²) in [6, 6.07) is 21.4. The number of carbonyl (C=O) groups excluding carboxylic acids is 1. The van der Waals surface area contributed by atoms with Crippen LogP contribution in [0.25, 0.3) is 10.8 Å². The van der Waals surface area contributed by atoms with E-state index < -0.39 is 0 Å². The highest BCUT2D eigenvalue weighted by Crippen LogP contribution is 2.28. The van der Waals surface area contributed by atoms with Crippen LogP contribution in [0.15, 0.2) is 70.5 Å². The molecule has 0 radical (unpaired) electrons. The standard InChI is InChI=1S/C22H19NOS2/c1-2-3-12-25-21-11-8-17-13-19(7-6-18(17)14-21)22(24)26-20-9-4-16(15-23)5-10-20/h4-11,13-14H,2-3,12H2,1H3. The lowest BCUT2D eigenvalue weighted by Crippen LogP contribution is -1.93. The van der Waals surface area contributed by atoms with Crippen LogP contribution in [0, 0.1) is 11.3 Å². The molecule has 0 aliphatic rings. The third-order valence-corrected chi connectivity index (χ3v) is 6.02. The predicted octanol–water partition coefficient (Wildman–Crippen LogP) is 6.54. The van der Waals surface area contributed by atoms with Crippen molar-refractivity contribution >= 4 is 39.4 Å². The van der Waals surface area contributed by atoms with Crippen molar-refractivity contribution in [2.75, 3.05) is 5.75 Å². The zero-order valence-electron chi connectivity index (χ0n) is 14.6. The van der Waals surface area contributed by atoms with Crippen molar-refractivity contribution in [3.05, 3.63) is 71.8 Å². The number of hydrogen-bond donors (Lipinski definition) is 0. The van der Waals surface area contributed by atoms with Gasteiger partial charge in [0.15, 0.2) is 0 Å². The van der Waals surface area contributed by atoms with E-state index in [9.17, 15) is 4.79 Å². The fourth-order valence-electron chi connectivity index (χ4n) is 2.54. The van der Waals surface area contributed by atoms with Crippen molar-refractivity contribution in [2.45, 2.75) is 29.6 Å². The van der Waals surface area contributed by atoms with Crippen LogP contribution in [-0.4, -0.2) is 10.9 Å². The van der Waals surface area contributed by atoms with Gasteiger partial charge in [0.05, 0.1) is 11.6 Å². The molecular formula is C22H19NOS2. The van der Waals surface area contributed by atoms with Gasteiger partial charge in [0.2, 0.25) is 5.12 Å². The minimum atomic E-state index is 0.0120. The Balaban J connectivity index is 1.74. The first-order chi connectivity index (χ1) is 12.7. The number of thioether (sulfide) groups is 2. The summed E-state index contributed by atoms with van der Waals surface area (Å²) in [5.41, 5.74) is 1.29. The van der Waals surface area contributed by atoms with E-state index in [0.717, 1.165) is 21.4 Å². The number of carbonyl (C=O) groups is 1. The van der Waals surface area contributed by atoms with Crippen LogP contribution in [-0.2, 0) is 0 Å². The molecule has 0 amide bonds. The summed E-state index contributed by atoms with van der Waals surface area (Å²) in [6.45, 7) is 2.20. The number of hydrogen-bond acceptors (Lipinski definition) is 4. The van der Waals surface area contributed by atoms with E-state index in [-0.39, 0.29) is 5.12 Å². The second kappa shape index (κ2) is 8.93. The first-order valence-corrected chi connectivity index (χ1v) is 10.4. The number of benzene rings is 3. The molecule has 0 aromatic heterocycles. The SMILES string of the molecule is CCCCSc1ccc2cc(C(=O)Sc3ccc(C#N)cc3)ccc2c1. The van der Waals surface area contributed by atoms with Gasteiger partial charge in [0, 0.05) is 15.4 Å². The van der Waals surface area contributed by atoms with Crippen LogP contribution >= 0.6 is 23.5 Å². The van der Waals surface area contributed by atoms with Crippen molar-refractivity contribution < 1.29 is 4.79 Å². The summed E-state index contributed by atoms with van der Waals surface area (Å²) < 4.78 is 0. The van der Waals surface area contributed by atoms with Crippen molar-refractivity contribution in [3.63, 3.8) is 0 Å². The van der Waals surface area contributed by atoms with Crippen LogP contribution in [0.4, 0.5) is 0 Å². The minimum Gasteiger partial charge on any atom is -0.281 e. The second-order valence-electron chi connectivity index (χ2n) is 5.95. The largest absolute Gasteiger partial charge is 0.281 e. The van der Waals surface area contributed by atoms with Gasteiger partial charge in [-0.25, -0.2) is 0 Å². The van der Waals surface area contributed by atoms with Crippen molar-refractivity contribution in [3.8, 4) is 6.07 Å².